The van der Waals surface area contributed by atoms with Crippen molar-refractivity contribution >= 4 is 103 Å². The second-order valence-electron chi connectivity index (χ2n) is 15.6. The minimum absolute atomic E-state index is 0.832. The molecule has 6 aromatic heterocycles. The quantitative estimate of drug-likeness (QED) is 0.178. The summed E-state index contributed by atoms with van der Waals surface area (Å²) >= 11 is 1.86. The fourth-order valence-corrected chi connectivity index (χ4v) is 11.0. The van der Waals surface area contributed by atoms with Crippen LogP contribution in [0.5, 0.6) is 0 Å². The third kappa shape index (κ3) is 4.28. The summed E-state index contributed by atoms with van der Waals surface area (Å²) in [6.07, 6.45) is 0. The summed E-state index contributed by atoms with van der Waals surface area (Å²) in [5, 5.41) is 7.24. The molecule has 60 heavy (non-hydrogen) atoms. The molecule has 0 saturated carbocycles. The first-order chi connectivity index (χ1) is 29.8. The van der Waals surface area contributed by atoms with Crippen LogP contribution in [0.2, 0.25) is 0 Å². The second-order valence-corrected chi connectivity index (χ2v) is 16.6. The van der Waals surface area contributed by atoms with E-state index in [-0.39, 0.29) is 0 Å². The number of benzene rings is 8. The van der Waals surface area contributed by atoms with Crippen molar-refractivity contribution in [2.24, 2.45) is 0 Å². The normalized spacial score (nSPS) is 12.3. The summed E-state index contributed by atoms with van der Waals surface area (Å²) < 4.78 is 17.3. The Labute approximate surface area is 345 Å². The monoisotopic (exact) mass is 785 g/mol. The molecule has 0 radical (unpaired) electrons. The van der Waals surface area contributed by atoms with Crippen LogP contribution in [0, 0.1) is 0 Å². The fourth-order valence-electron chi connectivity index (χ4n) is 9.81. The molecule has 14 rings (SSSR count). The zero-order valence-electron chi connectivity index (χ0n) is 32.0. The topological polar surface area (TPSA) is 45.2 Å². The van der Waals surface area contributed by atoms with Crippen LogP contribution >= 0.6 is 11.3 Å². The Kier molecular flexibility index (Phi) is 6.35. The van der Waals surface area contributed by atoms with E-state index < -0.39 is 0 Å². The van der Waals surface area contributed by atoms with Crippen molar-refractivity contribution in [1.29, 1.82) is 0 Å². The number of fused-ring (bicyclic) bond motifs is 15. The highest BCUT2D eigenvalue weighted by molar-refractivity contribution is 7.25. The summed E-state index contributed by atoms with van der Waals surface area (Å²) in [5.41, 5.74) is 13.9. The predicted octanol–water partition coefficient (Wildman–Crippen LogP) is 14.3. The molecule has 6 nitrogen and oxygen atoms in total. The summed E-state index contributed by atoms with van der Waals surface area (Å²) in [6.45, 7) is 0. The largest absolute Gasteiger partial charge is 0.439 e. The van der Waals surface area contributed by atoms with Gasteiger partial charge in [0.05, 0.1) is 49.9 Å². The number of thiophene rings is 1. The lowest BCUT2D eigenvalue weighted by Gasteiger charge is -2.11. The van der Waals surface area contributed by atoms with Crippen molar-refractivity contribution in [2.75, 3.05) is 0 Å². The zero-order chi connectivity index (χ0) is 39.1. The average Bonchev–Trinajstić information content (AvgIpc) is 4.13. The first-order valence-corrected chi connectivity index (χ1v) is 21.0. The molecule has 0 unspecified atom stereocenters. The molecule has 0 spiro atoms. The highest BCUT2D eigenvalue weighted by Gasteiger charge is 2.23. The fraction of sp³-hybridized carbons (Fsp3) is 0. The van der Waals surface area contributed by atoms with Crippen molar-refractivity contribution < 1.29 is 4.42 Å². The lowest BCUT2D eigenvalue weighted by atomic mass is 10.0. The average molecular weight is 786 g/mol. The Morgan fingerprint density at radius 2 is 1.07 bits per heavy atom. The van der Waals surface area contributed by atoms with E-state index in [1.54, 1.807) is 0 Å². The Morgan fingerprint density at radius 1 is 0.417 bits per heavy atom. The molecule has 7 heteroatoms. The van der Waals surface area contributed by atoms with E-state index in [1.807, 2.05) is 23.5 Å². The number of hydrogen-bond acceptors (Lipinski definition) is 3. The lowest BCUT2D eigenvalue weighted by molar-refractivity contribution is 0.645. The number of furan rings is 1. The molecular weight excluding hydrogens is 755 g/mol. The van der Waals surface area contributed by atoms with Crippen molar-refractivity contribution in [3.8, 4) is 28.2 Å². The van der Waals surface area contributed by atoms with Crippen molar-refractivity contribution in [1.82, 2.24) is 23.1 Å². The van der Waals surface area contributed by atoms with Gasteiger partial charge in [0.15, 0.2) is 0 Å². The molecule has 6 heterocycles. The standard InChI is InChI=1S/C53H31N5OS/c1-2-13-34(14-3-1)56-42-20-7-4-17-37(42)50-40-30-33(26-28-48(40)60-52(50)56)32-25-27-43-39(29-32)49-38-18-5-11-24-47(38)59-51(49)55(43)35-15-12-16-36(31-35)57-45-22-9-10-23-46(45)58-44-21-8-6-19-41(44)54-53(57)58/h1-31H. The molecule has 0 aliphatic rings. The second kappa shape index (κ2) is 11.9. The van der Waals surface area contributed by atoms with Crippen LogP contribution in [0.1, 0.15) is 0 Å². The van der Waals surface area contributed by atoms with Crippen LogP contribution in [-0.4, -0.2) is 23.1 Å². The minimum Gasteiger partial charge on any atom is -0.439 e. The highest BCUT2D eigenvalue weighted by Crippen LogP contribution is 2.45. The molecule has 0 N–H and O–H groups in total. The Bertz CT molecular complexity index is 4080. The van der Waals surface area contributed by atoms with E-state index >= 15 is 0 Å². The molecule has 0 saturated heterocycles. The minimum atomic E-state index is 0.832. The zero-order valence-corrected chi connectivity index (χ0v) is 32.8. The molecule has 8 aromatic carbocycles. The van der Waals surface area contributed by atoms with Gasteiger partial charge in [0.25, 0.3) is 0 Å². The number of nitrogens with zero attached hydrogens (tertiary/aromatic N) is 5. The molecule has 0 atom stereocenters. The molecule has 0 amide bonds. The molecule has 0 bridgehead atoms. The van der Waals surface area contributed by atoms with Gasteiger partial charge in [-0.25, -0.2) is 4.98 Å². The van der Waals surface area contributed by atoms with Crippen LogP contribution in [0.3, 0.4) is 0 Å². The van der Waals surface area contributed by atoms with E-state index in [2.05, 4.69) is 194 Å². The van der Waals surface area contributed by atoms with Crippen LogP contribution in [0.25, 0.3) is 120 Å². The summed E-state index contributed by atoms with van der Waals surface area (Å²) in [6, 6.07) is 67.4. The van der Waals surface area contributed by atoms with Crippen molar-refractivity contribution in [3.63, 3.8) is 0 Å². The van der Waals surface area contributed by atoms with E-state index in [0.717, 1.165) is 72.2 Å². The summed E-state index contributed by atoms with van der Waals surface area (Å²) in [4.78, 5) is 6.42. The van der Waals surface area contributed by atoms with Gasteiger partial charge in [-0.2, -0.15) is 0 Å². The van der Waals surface area contributed by atoms with Gasteiger partial charge in [-0.1, -0.05) is 97.1 Å². The van der Waals surface area contributed by atoms with Gasteiger partial charge in [-0.05, 0) is 102 Å². The summed E-state index contributed by atoms with van der Waals surface area (Å²) in [5.74, 6) is 0.884. The van der Waals surface area contributed by atoms with Crippen LogP contribution in [0.4, 0.5) is 0 Å². The Balaban J connectivity index is 0.980. The number of aromatic nitrogens is 5. The highest BCUT2D eigenvalue weighted by atomic mass is 32.1. The van der Waals surface area contributed by atoms with Crippen LogP contribution in [-0.2, 0) is 0 Å². The van der Waals surface area contributed by atoms with Gasteiger partial charge in [0.2, 0.25) is 11.5 Å². The van der Waals surface area contributed by atoms with E-state index in [9.17, 15) is 0 Å². The molecule has 0 aliphatic carbocycles. The van der Waals surface area contributed by atoms with Crippen molar-refractivity contribution in [3.05, 3.63) is 188 Å². The van der Waals surface area contributed by atoms with Gasteiger partial charge in [-0.15, -0.1) is 11.3 Å². The number of hydrogen-bond donors (Lipinski definition) is 0. The van der Waals surface area contributed by atoms with Gasteiger partial charge in [-0.3, -0.25) is 13.5 Å². The van der Waals surface area contributed by atoms with Crippen LogP contribution < -0.4 is 0 Å². The molecule has 0 fully saturated rings. The van der Waals surface area contributed by atoms with Crippen LogP contribution in [0.15, 0.2) is 192 Å². The number of para-hydroxylation sites is 7. The lowest BCUT2D eigenvalue weighted by Crippen LogP contribution is -1.99. The van der Waals surface area contributed by atoms with E-state index in [1.165, 1.54) is 48.0 Å². The maximum Gasteiger partial charge on any atom is 0.220 e. The van der Waals surface area contributed by atoms with Gasteiger partial charge in [0.1, 0.15) is 10.4 Å². The van der Waals surface area contributed by atoms with Crippen molar-refractivity contribution in [2.45, 2.75) is 0 Å². The smallest absolute Gasteiger partial charge is 0.220 e. The SMILES string of the molecule is c1ccc(-n2c3ccccc3c3c4cc(-c5ccc6c(c5)c5c7ccccc7oc5n6-c5cccc(-n6c7ccccc7n7c8ccccc8nc67)c5)ccc4sc32)cc1. The Morgan fingerprint density at radius 3 is 1.93 bits per heavy atom. The maximum atomic E-state index is 6.79. The first kappa shape index (κ1) is 32.1. The molecule has 14 aromatic rings. The van der Waals surface area contributed by atoms with E-state index in [4.69, 9.17) is 9.40 Å². The number of imidazole rings is 2. The predicted molar refractivity (Wildman–Crippen MR) is 249 cm³/mol. The molecule has 0 aliphatic heterocycles. The maximum absolute atomic E-state index is 6.79. The first-order valence-electron chi connectivity index (χ1n) is 20.2. The van der Waals surface area contributed by atoms with E-state index in [0.29, 0.717) is 0 Å². The Hall–Kier alpha value is -7.87. The van der Waals surface area contributed by atoms with Gasteiger partial charge >= 0.3 is 0 Å². The molecular formula is C53H31N5OS. The van der Waals surface area contributed by atoms with Gasteiger partial charge in [0, 0.05) is 37.3 Å². The third-order valence-corrected chi connectivity index (χ3v) is 13.5. The number of rotatable bonds is 4. The van der Waals surface area contributed by atoms with Gasteiger partial charge < -0.3 is 8.98 Å². The summed E-state index contributed by atoms with van der Waals surface area (Å²) in [7, 11) is 0. The third-order valence-electron chi connectivity index (χ3n) is 12.4. The molecule has 280 valence electrons.